The highest BCUT2D eigenvalue weighted by Gasteiger charge is 2.36. The Balaban J connectivity index is 1.76. The van der Waals surface area contributed by atoms with E-state index in [0.717, 1.165) is 25.7 Å². The third kappa shape index (κ3) is 4.47. The number of carbonyl (C=O) groups excluding carboxylic acids is 2. The molecule has 7 heteroatoms. The minimum Gasteiger partial charge on any atom is -0.479 e. The van der Waals surface area contributed by atoms with E-state index < -0.39 is 18.2 Å². The monoisotopic (exact) mass is 340 g/mol. The van der Waals surface area contributed by atoms with E-state index in [1.54, 1.807) is 0 Å². The van der Waals surface area contributed by atoms with Crippen LogP contribution in [0.4, 0.5) is 0 Å². The smallest absolute Gasteiger partial charge is 0.332 e. The molecule has 0 aromatic carbocycles. The highest BCUT2D eigenvalue weighted by atomic mass is 16.5. The molecule has 7 nitrogen and oxygen atoms in total. The van der Waals surface area contributed by atoms with E-state index in [4.69, 9.17) is 9.84 Å². The van der Waals surface area contributed by atoms with E-state index in [1.165, 1.54) is 0 Å². The summed E-state index contributed by atoms with van der Waals surface area (Å²) in [6.07, 6.45) is 2.44. The average Bonchev–Trinajstić information content (AvgIpc) is 3.07. The van der Waals surface area contributed by atoms with Crippen LogP contribution in [0.2, 0.25) is 0 Å². The van der Waals surface area contributed by atoms with Crippen molar-refractivity contribution in [3.63, 3.8) is 0 Å². The topological polar surface area (TPSA) is 95.9 Å². The Hall–Kier alpha value is -1.63. The number of nitrogens with zero attached hydrogens (tertiary/aromatic N) is 1. The molecule has 2 atom stereocenters. The molecular formula is C17H28N2O5. The molecule has 2 saturated heterocycles. The third-order valence-electron chi connectivity index (χ3n) is 5.08. The van der Waals surface area contributed by atoms with E-state index >= 15 is 0 Å². The zero-order chi connectivity index (χ0) is 17.7. The molecule has 0 saturated carbocycles. The molecule has 2 amide bonds. The van der Waals surface area contributed by atoms with Gasteiger partial charge in [-0.25, -0.2) is 4.79 Å². The second-order valence-electron chi connectivity index (χ2n) is 6.65. The summed E-state index contributed by atoms with van der Waals surface area (Å²) in [6.45, 7) is 5.38. The minimum absolute atomic E-state index is 0.0238. The van der Waals surface area contributed by atoms with Gasteiger partial charge in [0.2, 0.25) is 11.8 Å². The van der Waals surface area contributed by atoms with Crippen molar-refractivity contribution in [3.05, 3.63) is 0 Å². The SMILES string of the molecule is CCC(CC)C(=O)N1CCC(NC(=O)[C@@H]2CC[C@H](C(=O)O)O2)CC1. The largest absolute Gasteiger partial charge is 0.479 e. The number of carboxylic acid groups (broad SMARTS) is 1. The van der Waals surface area contributed by atoms with Crippen molar-refractivity contribution < 1.29 is 24.2 Å². The van der Waals surface area contributed by atoms with Crippen molar-refractivity contribution in [3.8, 4) is 0 Å². The van der Waals surface area contributed by atoms with Crippen molar-refractivity contribution in [2.24, 2.45) is 5.92 Å². The molecule has 0 aromatic heterocycles. The van der Waals surface area contributed by atoms with E-state index in [9.17, 15) is 14.4 Å². The maximum Gasteiger partial charge on any atom is 0.332 e. The highest BCUT2D eigenvalue weighted by Crippen LogP contribution is 2.21. The van der Waals surface area contributed by atoms with Gasteiger partial charge in [-0.1, -0.05) is 13.8 Å². The third-order valence-corrected chi connectivity index (χ3v) is 5.08. The van der Waals surface area contributed by atoms with E-state index in [-0.39, 0.29) is 23.8 Å². The summed E-state index contributed by atoms with van der Waals surface area (Å²) < 4.78 is 5.27. The van der Waals surface area contributed by atoms with Crippen LogP contribution < -0.4 is 5.32 Å². The van der Waals surface area contributed by atoms with Crippen LogP contribution in [0.3, 0.4) is 0 Å². The van der Waals surface area contributed by atoms with Crippen molar-refractivity contribution in [2.45, 2.75) is 70.6 Å². The first-order chi connectivity index (χ1) is 11.5. The lowest BCUT2D eigenvalue weighted by molar-refractivity contribution is -0.152. The van der Waals surface area contributed by atoms with Gasteiger partial charge in [-0.05, 0) is 38.5 Å². The molecule has 0 aromatic rings. The first kappa shape index (κ1) is 18.7. The maximum atomic E-state index is 12.4. The van der Waals surface area contributed by atoms with E-state index in [0.29, 0.717) is 25.9 Å². The molecular weight excluding hydrogens is 312 g/mol. The summed E-state index contributed by atoms with van der Waals surface area (Å²) in [5, 5.41) is 11.8. The van der Waals surface area contributed by atoms with Crippen molar-refractivity contribution in [1.82, 2.24) is 10.2 Å². The molecule has 0 bridgehead atoms. The summed E-state index contributed by atoms with van der Waals surface area (Å²) in [5.74, 6) is -0.939. The molecule has 2 aliphatic heterocycles. The number of carboxylic acids is 1. The molecule has 2 N–H and O–H groups in total. The molecule has 2 fully saturated rings. The number of nitrogens with one attached hydrogen (secondary N) is 1. The summed E-state index contributed by atoms with van der Waals surface area (Å²) in [5.41, 5.74) is 0. The fourth-order valence-electron chi connectivity index (χ4n) is 3.45. The first-order valence-electron chi connectivity index (χ1n) is 8.93. The van der Waals surface area contributed by atoms with Gasteiger partial charge in [-0.15, -0.1) is 0 Å². The van der Waals surface area contributed by atoms with Crippen LogP contribution in [-0.4, -0.2) is 59.1 Å². The number of hydrogen-bond donors (Lipinski definition) is 2. The summed E-state index contributed by atoms with van der Waals surface area (Å²) in [7, 11) is 0. The second kappa shape index (κ2) is 8.46. The quantitative estimate of drug-likeness (QED) is 0.756. The number of likely N-dealkylation sites (tertiary alicyclic amines) is 1. The number of ether oxygens (including phenoxy) is 1. The van der Waals surface area contributed by atoms with Crippen molar-refractivity contribution in [2.75, 3.05) is 13.1 Å². The number of piperidine rings is 1. The maximum absolute atomic E-state index is 12.4. The molecule has 0 aliphatic carbocycles. The lowest BCUT2D eigenvalue weighted by Crippen LogP contribution is -2.49. The average molecular weight is 340 g/mol. The van der Waals surface area contributed by atoms with Crippen LogP contribution >= 0.6 is 0 Å². The van der Waals surface area contributed by atoms with Gasteiger partial charge in [0.25, 0.3) is 0 Å². The Morgan fingerprint density at radius 1 is 1.08 bits per heavy atom. The van der Waals surface area contributed by atoms with Gasteiger partial charge in [0, 0.05) is 25.0 Å². The Bertz CT molecular complexity index is 470. The van der Waals surface area contributed by atoms with Crippen LogP contribution in [-0.2, 0) is 19.1 Å². The van der Waals surface area contributed by atoms with Gasteiger partial charge in [0.05, 0.1) is 0 Å². The van der Waals surface area contributed by atoms with Gasteiger partial charge in [-0.3, -0.25) is 9.59 Å². The normalized spacial score (nSPS) is 25.0. The summed E-state index contributed by atoms with van der Waals surface area (Å²) in [6, 6.07) is 0.0238. The fraction of sp³-hybridized carbons (Fsp3) is 0.824. The van der Waals surface area contributed by atoms with Crippen LogP contribution in [0.25, 0.3) is 0 Å². The van der Waals surface area contributed by atoms with Crippen LogP contribution in [0.1, 0.15) is 52.4 Å². The number of amides is 2. The zero-order valence-electron chi connectivity index (χ0n) is 14.5. The number of rotatable bonds is 6. The molecule has 24 heavy (non-hydrogen) atoms. The number of carbonyl (C=O) groups is 3. The molecule has 2 heterocycles. The first-order valence-corrected chi connectivity index (χ1v) is 8.93. The van der Waals surface area contributed by atoms with Gasteiger partial charge < -0.3 is 20.1 Å². The Morgan fingerprint density at radius 3 is 2.17 bits per heavy atom. The molecule has 0 unspecified atom stereocenters. The summed E-state index contributed by atoms with van der Waals surface area (Å²) >= 11 is 0. The van der Waals surface area contributed by atoms with E-state index in [1.807, 2.05) is 18.7 Å². The molecule has 136 valence electrons. The van der Waals surface area contributed by atoms with Gasteiger partial charge in [0.1, 0.15) is 6.10 Å². The van der Waals surface area contributed by atoms with Gasteiger partial charge in [0.15, 0.2) is 6.10 Å². The Morgan fingerprint density at radius 2 is 1.67 bits per heavy atom. The van der Waals surface area contributed by atoms with Crippen LogP contribution in [0.5, 0.6) is 0 Å². The van der Waals surface area contributed by atoms with Crippen molar-refractivity contribution >= 4 is 17.8 Å². The lowest BCUT2D eigenvalue weighted by Gasteiger charge is -2.34. The molecule has 2 aliphatic rings. The van der Waals surface area contributed by atoms with E-state index in [2.05, 4.69) is 5.32 Å². The number of hydrogen-bond acceptors (Lipinski definition) is 4. The van der Waals surface area contributed by atoms with Crippen LogP contribution in [0, 0.1) is 5.92 Å². The Labute approximate surface area is 142 Å². The Kier molecular flexibility index (Phi) is 6.60. The van der Waals surface area contributed by atoms with Gasteiger partial charge >= 0.3 is 5.97 Å². The lowest BCUT2D eigenvalue weighted by atomic mass is 9.98. The highest BCUT2D eigenvalue weighted by molar-refractivity contribution is 5.83. The fourth-order valence-corrected chi connectivity index (χ4v) is 3.45. The zero-order valence-corrected chi connectivity index (χ0v) is 14.5. The molecule has 0 radical (unpaired) electrons. The number of aliphatic carboxylic acids is 1. The minimum atomic E-state index is -1.02. The summed E-state index contributed by atoms with van der Waals surface area (Å²) in [4.78, 5) is 37.3. The van der Waals surface area contributed by atoms with Crippen LogP contribution in [0.15, 0.2) is 0 Å². The predicted octanol–water partition coefficient (Wildman–Crippen LogP) is 1.16. The van der Waals surface area contributed by atoms with Crippen molar-refractivity contribution in [1.29, 1.82) is 0 Å². The van der Waals surface area contributed by atoms with Gasteiger partial charge in [-0.2, -0.15) is 0 Å². The molecule has 2 rings (SSSR count). The standard InChI is InChI=1S/C17H28N2O5/c1-3-11(4-2)16(21)19-9-7-12(8-10-19)18-15(20)13-5-6-14(24-13)17(22)23/h11-14H,3-10H2,1-2H3,(H,18,20)(H,22,23)/t13-,14+/m0/s1. The molecule has 0 spiro atoms. The predicted molar refractivity (Wildman–Crippen MR) is 87.3 cm³/mol. The second-order valence-corrected chi connectivity index (χ2v) is 6.65.